The van der Waals surface area contributed by atoms with E-state index in [1.165, 1.54) is 4.57 Å². The molecular formula is C15H16N2O2. The fraction of sp³-hybridized carbons (Fsp3) is 0.267. The molecule has 0 atom stereocenters. The molecule has 1 aromatic heterocycles. The molecule has 2 rings (SSSR count). The second-order valence-corrected chi connectivity index (χ2v) is 4.67. The summed E-state index contributed by atoms with van der Waals surface area (Å²) in [5, 5.41) is 0. The van der Waals surface area contributed by atoms with Crippen LogP contribution in [0.2, 0.25) is 0 Å². The Balaban J connectivity index is 2.19. The lowest BCUT2D eigenvalue weighted by Gasteiger charge is -2.09. The van der Waals surface area contributed by atoms with Crippen LogP contribution in [0.1, 0.15) is 35.9 Å². The van der Waals surface area contributed by atoms with E-state index in [9.17, 15) is 9.59 Å². The molecule has 0 aliphatic heterocycles. The van der Waals surface area contributed by atoms with E-state index in [0.29, 0.717) is 11.3 Å². The third-order valence-corrected chi connectivity index (χ3v) is 2.88. The van der Waals surface area contributed by atoms with Crippen molar-refractivity contribution < 1.29 is 4.79 Å². The lowest BCUT2D eigenvalue weighted by molar-refractivity contribution is 0.0992. The van der Waals surface area contributed by atoms with E-state index in [0.717, 1.165) is 0 Å². The molecule has 98 valence electrons. The summed E-state index contributed by atoms with van der Waals surface area (Å²) in [6.45, 7) is 3.83. The summed E-state index contributed by atoms with van der Waals surface area (Å²) in [6, 6.07) is 10.8. The third kappa shape index (κ3) is 3.16. The van der Waals surface area contributed by atoms with E-state index in [1.807, 2.05) is 32.0 Å². The summed E-state index contributed by atoms with van der Waals surface area (Å²) < 4.78 is 1.54. The number of benzene rings is 1. The highest BCUT2D eigenvalue weighted by Crippen LogP contribution is 2.05. The Labute approximate surface area is 111 Å². The van der Waals surface area contributed by atoms with E-state index < -0.39 is 0 Å². The van der Waals surface area contributed by atoms with Gasteiger partial charge in [-0.15, -0.1) is 0 Å². The molecule has 0 unspecified atom stereocenters. The molecule has 19 heavy (non-hydrogen) atoms. The zero-order valence-corrected chi connectivity index (χ0v) is 11.0. The molecule has 0 radical (unpaired) electrons. The number of carbonyl (C=O) groups excluding carboxylic acids is 1. The van der Waals surface area contributed by atoms with Crippen molar-refractivity contribution in [3.8, 4) is 0 Å². The van der Waals surface area contributed by atoms with Crippen molar-refractivity contribution in [2.24, 2.45) is 0 Å². The molecule has 0 amide bonds. The van der Waals surface area contributed by atoms with Crippen LogP contribution >= 0.6 is 0 Å². The Hall–Kier alpha value is -2.23. The van der Waals surface area contributed by atoms with Gasteiger partial charge in [-0.2, -0.15) is 4.98 Å². The third-order valence-electron chi connectivity index (χ3n) is 2.88. The van der Waals surface area contributed by atoms with Gasteiger partial charge in [-0.1, -0.05) is 30.3 Å². The minimum absolute atomic E-state index is 0.0326. The van der Waals surface area contributed by atoms with Crippen LogP contribution in [0.25, 0.3) is 0 Å². The summed E-state index contributed by atoms with van der Waals surface area (Å²) in [6.07, 6.45) is 1.84. The van der Waals surface area contributed by atoms with E-state index in [4.69, 9.17) is 0 Å². The highest BCUT2D eigenvalue weighted by Gasteiger charge is 2.09. The van der Waals surface area contributed by atoms with Crippen molar-refractivity contribution >= 4 is 5.78 Å². The van der Waals surface area contributed by atoms with E-state index in [-0.39, 0.29) is 23.9 Å². The summed E-state index contributed by atoms with van der Waals surface area (Å²) in [5.74, 6) is -0.0326. The van der Waals surface area contributed by atoms with Gasteiger partial charge < -0.3 is 0 Å². The van der Waals surface area contributed by atoms with E-state index >= 15 is 0 Å². The zero-order chi connectivity index (χ0) is 13.8. The maximum absolute atomic E-state index is 12.0. The highest BCUT2D eigenvalue weighted by atomic mass is 16.1. The van der Waals surface area contributed by atoms with E-state index in [1.54, 1.807) is 24.4 Å². The second kappa shape index (κ2) is 5.61. The average molecular weight is 256 g/mol. The molecule has 0 N–H and O–H groups in total. The maximum atomic E-state index is 12.0. The molecular weight excluding hydrogens is 240 g/mol. The molecule has 4 nitrogen and oxygen atoms in total. The summed E-state index contributed by atoms with van der Waals surface area (Å²) in [5.41, 5.74) is 0.835. The van der Waals surface area contributed by atoms with Gasteiger partial charge in [0, 0.05) is 17.8 Å². The first kappa shape index (κ1) is 13.2. The van der Waals surface area contributed by atoms with Crippen molar-refractivity contribution in [1.82, 2.24) is 9.55 Å². The van der Waals surface area contributed by atoms with Crippen LogP contribution in [0, 0.1) is 0 Å². The van der Waals surface area contributed by atoms with Crippen molar-refractivity contribution in [1.29, 1.82) is 0 Å². The Morgan fingerprint density at radius 2 is 1.89 bits per heavy atom. The normalized spacial score (nSPS) is 10.7. The largest absolute Gasteiger partial charge is 0.348 e. The molecule has 1 heterocycles. The predicted octanol–water partition coefficient (Wildman–Crippen LogP) is 2.25. The first-order chi connectivity index (χ1) is 9.08. The Morgan fingerprint density at radius 3 is 2.47 bits per heavy atom. The number of carbonyl (C=O) groups is 1. The van der Waals surface area contributed by atoms with Gasteiger partial charge in [0.05, 0.1) is 12.1 Å². The topological polar surface area (TPSA) is 52.0 Å². The molecule has 2 aromatic rings. The fourth-order valence-corrected chi connectivity index (χ4v) is 1.83. The van der Waals surface area contributed by atoms with Gasteiger partial charge in [0.2, 0.25) is 0 Å². The van der Waals surface area contributed by atoms with E-state index in [2.05, 4.69) is 4.98 Å². The fourth-order valence-electron chi connectivity index (χ4n) is 1.83. The number of ketones is 1. The minimum Gasteiger partial charge on any atom is -0.297 e. The Bertz CT molecular complexity index is 630. The maximum Gasteiger partial charge on any atom is 0.348 e. The standard InChI is InChI=1S/C15H16N2O2/c1-11(2)17-9-8-13(16-15(17)19)10-14(18)12-6-4-3-5-7-12/h3-9,11H,10H2,1-2H3. The molecule has 0 saturated carbocycles. The Morgan fingerprint density at radius 1 is 1.21 bits per heavy atom. The molecule has 0 aliphatic rings. The molecule has 0 fully saturated rings. The summed E-state index contributed by atoms with van der Waals surface area (Å²) in [7, 11) is 0. The quantitative estimate of drug-likeness (QED) is 0.788. The van der Waals surface area contributed by atoms with Crippen LogP contribution < -0.4 is 5.69 Å². The lowest BCUT2D eigenvalue weighted by Crippen LogP contribution is -2.25. The van der Waals surface area contributed by atoms with Crippen molar-refractivity contribution in [2.45, 2.75) is 26.3 Å². The predicted molar refractivity (Wildman–Crippen MR) is 73.4 cm³/mol. The van der Waals surface area contributed by atoms with Crippen molar-refractivity contribution in [2.75, 3.05) is 0 Å². The first-order valence-electron chi connectivity index (χ1n) is 6.24. The molecule has 0 bridgehead atoms. The number of rotatable bonds is 4. The zero-order valence-electron chi connectivity index (χ0n) is 11.0. The molecule has 4 heteroatoms. The number of nitrogens with zero attached hydrogens (tertiary/aromatic N) is 2. The monoisotopic (exact) mass is 256 g/mol. The van der Waals surface area contributed by atoms with Crippen LogP contribution in [0.5, 0.6) is 0 Å². The Kier molecular flexibility index (Phi) is 3.90. The van der Waals surface area contributed by atoms with Crippen LogP contribution in [-0.4, -0.2) is 15.3 Å². The first-order valence-corrected chi connectivity index (χ1v) is 6.24. The van der Waals surface area contributed by atoms with Crippen LogP contribution in [0.15, 0.2) is 47.4 Å². The van der Waals surface area contributed by atoms with Gasteiger partial charge in [-0.3, -0.25) is 9.36 Å². The lowest BCUT2D eigenvalue weighted by atomic mass is 10.1. The van der Waals surface area contributed by atoms with Crippen molar-refractivity contribution in [3.05, 3.63) is 64.3 Å². The molecule has 0 aliphatic carbocycles. The number of aromatic nitrogens is 2. The van der Waals surface area contributed by atoms with Gasteiger partial charge in [0.25, 0.3) is 0 Å². The smallest absolute Gasteiger partial charge is 0.297 e. The van der Waals surface area contributed by atoms with Gasteiger partial charge in [0.1, 0.15) is 0 Å². The minimum atomic E-state index is -0.312. The van der Waals surface area contributed by atoms with Crippen molar-refractivity contribution in [3.63, 3.8) is 0 Å². The number of hydrogen-bond donors (Lipinski definition) is 0. The summed E-state index contributed by atoms with van der Waals surface area (Å²) in [4.78, 5) is 27.7. The van der Waals surface area contributed by atoms with Gasteiger partial charge in [-0.05, 0) is 19.9 Å². The number of hydrogen-bond acceptors (Lipinski definition) is 3. The van der Waals surface area contributed by atoms with Crippen LogP contribution in [-0.2, 0) is 6.42 Å². The van der Waals surface area contributed by atoms with Crippen LogP contribution in [0.4, 0.5) is 0 Å². The molecule has 0 spiro atoms. The SMILES string of the molecule is CC(C)n1ccc(CC(=O)c2ccccc2)nc1=O. The second-order valence-electron chi connectivity index (χ2n) is 4.67. The molecule has 0 saturated heterocycles. The number of Topliss-reactive ketones (excluding diaryl/α,β-unsaturated/α-hetero) is 1. The van der Waals surface area contributed by atoms with Crippen LogP contribution in [0.3, 0.4) is 0 Å². The average Bonchev–Trinajstić information content (AvgIpc) is 2.39. The van der Waals surface area contributed by atoms with Gasteiger partial charge in [-0.25, -0.2) is 4.79 Å². The highest BCUT2D eigenvalue weighted by molar-refractivity contribution is 5.97. The van der Waals surface area contributed by atoms with Gasteiger partial charge >= 0.3 is 5.69 Å². The van der Waals surface area contributed by atoms with Gasteiger partial charge in [0.15, 0.2) is 5.78 Å². The molecule has 1 aromatic carbocycles. The summed E-state index contributed by atoms with van der Waals surface area (Å²) >= 11 is 0.